The van der Waals surface area contributed by atoms with Crippen LogP contribution in [0, 0.1) is 5.92 Å². The molecule has 0 saturated carbocycles. The molecule has 9 nitrogen and oxygen atoms in total. The maximum absolute atomic E-state index is 14.0. The minimum absolute atomic E-state index is 0.0414. The number of amides is 3. The van der Waals surface area contributed by atoms with Crippen LogP contribution in [0.25, 0.3) is 0 Å². The van der Waals surface area contributed by atoms with Crippen molar-refractivity contribution in [1.29, 1.82) is 0 Å². The highest BCUT2D eigenvalue weighted by Crippen LogP contribution is 2.47. The Morgan fingerprint density at radius 1 is 0.840 bits per heavy atom. The van der Waals surface area contributed by atoms with Crippen molar-refractivity contribution in [2.45, 2.75) is 63.5 Å². The van der Waals surface area contributed by atoms with E-state index >= 15 is 0 Å². The van der Waals surface area contributed by atoms with Crippen LogP contribution in [-0.4, -0.2) is 59.8 Å². The second-order valence-corrected chi connectivity index (χ2v) is 13.2. The number of likely N-dealkylation sites (tertiary alicyclic amines) is 1. The van der Waals surface area contributed by atoms with E-state index in [-0.39, 0.29) is 30.9 Å². The molecular weight excluding hydrogens is 632 g/mol. The number of hydrogen-bond donors (Lipinski definition) is 0. The van der Waals surface area contributed by atoms with Gasteiger partial charge in [-0.2, -0.15) is 0 Å². The molecule has 4 aromatic carbocycles. The van der Waals surface area contributed by atoms with Crippen molar-refractivity contribution >= 4 is 17.9 Å². The first-order valence-electron chi connectivity index (χ1n) is 17.1. The number of β-lactam (4-membered cyclic amide) rings is 1. The van der Waals surface area contributed by atoms with Crippen LogP contribution in [0.5, 0.6) is 5.75 Å². The molecular formula is C41H44N2O7. The van der Waals surface area contributed by atoms with Gasteiger partial charge in [-0.15, -0.1) is 0 Å². The highest BCUT2D eigenvalue weighted by atomic mass is 16.7. The van der Waals surface area contributed by atoms with E-state index in [1.165, 1.54) is 4.90 Å². The maximum atomic E-state index is 14.0. The number of hydrogen-bond acceptors (Lipinski definition) is 7. The average molecular weight is 677 g/mol. The first kappa shape index (κ1) is 34.9. The monoisotopic (exact) mass is 676 g/mol. The molecule has 2 saturated heterocycles. The van der Waals surface area contributed by atoms with Crippen LogP contribution >= 0.6 is 0 Å². The highest BCUT2D eigenvalue weighted by Gasteiger charge is 2.59. The second-order valence-electron chi connectivity index (χ2n) is 13.2. The van der Waals surface area contributed by atoms with Gasteiger partial charge >= 0.3 is 6.09 Å². The summed E-state index contributed by atoms with van der Waals surface area (Å²) in [6.07, 6.45) is -0.00660. The van der Waals surface area contributed by atoms with Crippen LogP contribution in [0.1, 0.15) is 55.4 Å². The SMILES string of the molecule is COc1ccc(CN2C[C@](CCCC(=O)N3C(=O)OC(c4ccccc4)(c4ccccc4)[C@@H]3C(C)C)(OCOCc3ccccc3)C2=O)cc1. The number of ether oxygens (including phenoxy) is 4. The van der Waals surface area contributed by atoms with Crippen molar-refractivity contribution < 1.29 is 33.3 Å². The zero-order chi connectivity index (χ0) is 35.1. The number of carbonyl (C=O) groups is 3. The van der Waals surface area contributed by atoms with Crippen LogP contribution < -0.4 is 4.74 Å². The summed E-state index contributed by atoms with van der Waals surface area (Å²) < 4.78 is 23.5. The first-order valence-corrected chi connectivity index (χ1v) is 17.1. The van der Waals surface area contributed by atoms with E-state index in [1.54, 1.807) is 12.0 Å². The number of methoxy groups -OCH3 is 1. The van der Waals surface area contributed by atoms with Gasteiger partial charge in [0.2, 0.25) is 5.91 Å². The number of nitrogens with zero attached hydrogens (tertiary/aromatic N) is 2. The molecule has 2 fully saturated rings. The Bertz CT molecular complexity index is 1710. The van der Waals surface area contributed by atoms with Crippen molar-refractivity contribution in [2.24, 2.45) is 5.92 Å². The van der Waals surface area contributed by atoms with Gasteiger partial charge in [0.15, 0.2) is 11.2 Å². The molecule has 0 aliphatic carbocycles. The van der Waals surface area contributed by atoms with Gasteiger partial charge < -0.3 is 23.8 Å². The average Bonchev–Trinajstić information content (AvgIpc) is 3.48. The summed E-state index contributed by atoms with van der Waals surface area (Å²) in [5, 5.41) is 0. The fourth-order valence-electron chi connectivity index (χ4n) is 7.19. The predicted molar refractivity (Wildman–Crippen MR) is 188 cm³/mol. The fourth-order valence-corrected chi connectivity index (χ4v) is 7.19. The molecule has 2 heterocycles. The van der Waals surface area contributed by atoms with E-state index in [0.29, 0.717) is 32.5 Å². The van der Waals surface area contributed by atoms with Crippen molar-refractivity contribution in [1.82, 2.24) is 9.80 Å². The van der Waals surface area contributed by atoms with Gasteiger partial charge in [-0.3, -0.25) is 9.59 Å². The van der Waals surface area contributed by atoms with Gasteiger partial charge in [0.05, 0.1) is 26.3 Å². The van der Waals surface area contributed by atoms with Gasteiger partial charge in [0.1, 0.15) is 12.5 Å². The molecule has 50 heavy (non-hydrogen) atoms. The Hall–Kier alpha value is -4.99. The second kappa shape index (κ2) is 15.3. The molecule has 4 aromatic rings. The molecule has 2 aliphatic rings. The minimum Gasteiger partial charge on any atom is -0.497 e. The standard InChI is InChI=1S/C41H44N2O7/c1-30(2)37-41(33-16-9-5-10-17-33,34-18-11-6-12-19-34)50-39(46)43(37)36(44)20-13-25-40(49-29-48-27-32-14-7-4-8-15-32)28-42(38(40)45)26-31-21-23-35(47-3)24-22-31/h4-12,14-19,21-24,30,37H,13,20,25-29H2,1-3H3/t37-,40-/m0/s1. The summed E-state index contributed by atoms with van der Waals surface area (Å²) in [7, 11) is 1.61. The Kier molecular flexibility index (Phi) is 10.6. The lowest BCUT2D eigenvalue weighted by Crippen LogP contribution is -2.67. The number of benzene rings is 4. The topological polar surface area (TPSA) is 94.6 Å². The van der Waals surface area contributed by atoms with Crippen LogP contribution in [-0.2, 0) is 42.6 Å². The number of imide groups is 1. The summed E-state index contributed by atoms with van der Waals surface area (Å²) in [5.41, 5.74) is 1.26. The maximum Gasteiger partial charge on any atom is 0.418 e. The zero-order valence-electron chi connectivity index (χ0n) is 28.8. The Labute approximate surface area is 293 Å². The largest absolute Gasteiger partial charge is 0.497 e. The molecule has 2 aliphatic heterocycles. The molecule has 6 rings (SSSR count). The smallest absolute Gasteiger partial charge is 0.418 e. The van der Waals surface area contributed by atoms with Crippen LogP contribution in [0.15, 0.2) is 115 Å². The lowest BCUT2D eigenvalue weighted by molar-refractivity contribution is -0.213. The van der Waals surface area contributed by atoms with Gasteiger partial charge in [0, 0.05) is 24.1 Å². The quantitative estimate of drug-likeness (QED) is 0.0755. The molecule has 0 radical (unpaired) electrons. The molecule has 2 atom stereocenters. The molecule has 260 valence electrons. The highest BCUT2D eigenvalue weighted by molar-refractivity contribution is 5.95. The van der Waals surface area contributed by atoms with E-state index in [0.717, 1.165) is 28.0 Å². The van der Waals surface area contributed by atoms with Crippen molar-refractivity contribution in [2.75, 3.05) is 20.4 Å². The Morgan fingerprint density at radius 2 is 1.44 bits per heavy atom. The predicted octanol–water partition coefficient (Wildman–Crippen LogP) is 7.08. The molecule has 0 unspecified atom stereocenters. The molecule has 9 heteroatoms. The third kappa shape index (κ3) is 7.02. The Balaban J connectivity index is 1.16. The normalized spacial score (nSPS) is 19.7. The van der Waals surface area contributed by atoms with Crippen molar-refractivity contribution in [3.63, 3.8) is 0 Å². The summed E-state index contributed by atoms with van der Waals surface area (Å²) >= 11 is 0. The summed E-state index contributed by atoms with van der Waals surface area (Å²) in [6, 6.07) is 35.9. The summed E-state index contributed by atoms with van der Waals surface area (Å²) in [4.78, 5) is 44.5. The van der Waals surface area contributed by atoms with E-state index in [2.05, 4.69) is 0 Å². The fraction of sp³-hybridized carbons (Fsp3) is 0.341. The third-order valence-corrected chi connectivity index (χ3v) is 9.60. The number of carbonyl (C=O) groups excluding carboxylic acids is 3. The lowest BCUT2D eigenvalue weighted by Gasteiger charge is -2.48. The zero-order valence-corrected chi connectivity index (χ0v) is 28.8. The first-order chi connectivity index (χ1) is 24.3. The van der Waals surface area contributed by atoms with Crippen molar-refractivity contribution in [3.05, 3.63) is 138 Å². The van der Waals surface area contributed by atoms with E-state index < -0.39 is 23.3 Å². The number of rotatable bonds is 15. The van der Waals surface area contributed by atoms with E-state index in [9.17, 15) is 14.4 Å². The van der Waals surface area contributed by atoms with Crippen LogP contribution in [0.4, 0.5) is 4.79 Å². The molecule has 0 aromatic heterocycles. The summed E-state index contributed by atoms with van der Waals surface area (Å²) in [5.74, 6) is 0.117. The molecule has 0 spiro atoms. The third-order valence-electron chi connectivity index (χ3n) is 9.60. The Morgan fingerprint density at radius 3 is 2.00 bits per heavy atom. The summed E-state index contributed by atoms with van der Waals surface area (Å²) in [6.45, 7) is 5.04. The van der Waals surface area contributed by atoms with Crippen molar-refractivity contribution in [3.8, 4) is 5.75 Å². The number of cyclic esters (lactones) is 1. The minimum atomic E-state index is -1.17. The van der Waals surface area contributed by atoms with E-state index in [4.69, 9.17) is 18.9 Å². The molecule has 0 bridgehead atoms. The molecule has 0 N–H and O–H groups in total. The molecule has 3 amide bonds. The van der Waals surface area contributed by atoms with Gasteiger partial charge in [-0.25, -0.2) is 9.69 Å². The van der Waals surface area contributed by atoms with Crippen LogP contribution in [0.3, 0.4) is 0 Å². The van der Waals surface area contributed by atoms with Gasteiger partial charge in [0.25, 0.3) is 5.91 Å². The van der Waals surface area contributed by atoms with Gasteiger partial charge in [-0.05, 0) is 42.0 Å². The van der Waals surface area contributed by atoms with E-state index in [1.807, 2.05) is 129 Å². The van der Waals surface area contributed by atoms with Crippen LogP contribution in [0.2, 0.25) is 0 Å². The lowest BCUT2D eigenvalue weighted by atomic mass is 9.75. The van der Waals surface area contributed by atoms with Gasteiger partial charge in [-0.1, -0.05) is 117 Å².